The summed E-state index contributed by atoms with van der Waals surface area (Å²) < 4.78 is 4.63. The Kier molecular flexibility index (Phi) is 27.6. The van der Waals surface area contributed by atoms with Gasteiger partial charge in [0.15, 0.2) is 0 Å². The molecule has 2 nitrogen and oxygen atoms in total. The summed E-state index contributed by atoms with van der Waals surface area (Å²) in [7, 11) is 1.56. The topological polar surface area (TPSA) is 26.3 Å². The van der Waals surface area contributed by atoms with Gasteiger partial charge in [-0.05, 0) is 0 Å². The molecule has 0 aromatic heterocycles. The minimum atomic E-state index is -0.0787. The molecule has 0 saturated carbocycles. The van der Waals surface area contributed by atoms with Crippen LogP contribution in [-0.2, 0) is 9.53 Å². The molecule has 1 unspecified atom stereocenters. The molecule has 0 saturated heterocycles. The summed E-state index contributed by atoms with van der Waals surface area (Å²) in [6.45, 7) is 6.24. The molecule has 0 aromatic carbocycles. The molecule has 0 aromatic rings. The molecule has 0 amide bonds. The molecule has 11 heavy (non-hydrogen) atoms. The van der Waals surface area contributed by atoms with E-state index in [1.54, 1.807) is 20.3 Å². The molecule has 0 aliphatic heterocycles. The van der Waals surface area contributed by atoms with E-state index in [4.69, 9.17) is 0 Å². The van der Waals surface area contributed by atoms with E-state index < -0.39 is 0 Å². The number of hydrogen-bond donors (Lipinski definition) is 0. The van der Waals surface area contributed by atoms with Crippen molar-refractivity contribution in [3.8, 4) is 0 Å². The van der Waals surface area contributed by atoms with Crippen molar-refractivity contribution in [3.05, 3.63) is 6.42 Å². The molecule has 0 heterocycles. The van der Waals surface area contributed by atoms with Gasteiger partial charge in [0.2, 0.25) is 0 Å². The third kappa shape index (κ3) is 24.8. The zero-order valence-corrected chi connectivity index (χ0v) is 11.4. The Bertz CT molecular complexity index is 67.1. The van der Waals surface area contributed by atoms with Crippen LogP contribution < -0.4 is 0 Å². The summed E-state index contributed by atoms with van der Waals surface area (Å²) in [6, 6.07) is 0. The van der Waals surface area contributed by atoms with Gasteiger partial charge in [0, 0.05) is 49.3 Å². The van der Waals surface area contributed by atoms with Gasteiger partial charge in [-0.2, -0.15) is 13.8 Å². The summed E-state index contributed by atoms with van der Waals surface area (Å²) in [5.41, 5.74) is 0. The summed E-state index contributed by atoms with van der Waals surface area (Å²) in [4.78, 5) is 9.69. The van der Waals surface area contributed by atoms with Crippen LogP contribution in [0.4, 0.5) is 0 Å². The average Bonchev–Trinajstić information content (AvgIpc) is 1.90. The minimum absolute atomic E-state index is 0. The average molecular weight is 283 g/mol. The number of ether oxygens (including phenoxy) is 1. The predicted molar refractivity (Wildman–Crippen MR) is 42.4 cm³/mol. The SMILES string of the molecule is COCC(C)[C-]=O.C[CH-]C.[La]. The second-order valence-electron chi connectivity index (χ2n) is 2.05. The molecule has 0 aliphatic carbocycles. The molecule has 0 spiro atoms. The molecule has 1 atom stereocenters. The van der Waals surface area contributed by atoms with Gasteiger partial charge in [0.25, 0.3) is 0 Å². The summed E-state index contributed by atoms with van der Waals surface area (Å²) in [5, 5.41) is 0. The summed E-state index contributed by atoms with van der Waals surface area (Å²) in [5.74, 6) is -0.0787. The normalized spacial score (nSPS) is 10.2. The first kappa shape index (κ1) is 17.8. The first-order valence-corrected chi connectivity index (χ1v) is 3.33. The second kappa shape index (κ2) is 17.1. The van der Waals surface area contributed by atoms with Crippen molar-refractivity contribution in [1.82, 2.24) is 0 Å². The van der Waals surface area contributed by atoms with Crippen LogP contribution in [0.25, 0.3) is 0 Å². The first-order valence-electron chi connectivity index (χ1n) is 3.33. The van der Waals surface area contributed by atoms with E-state index in [0.717, 1.165) is 0 Å². The Hall–Kier alpha value is 0.825. The molecule has 0 rings (SSSR count). The second-order valence-corrected chi connectivity index (χ2v) is 2.05. The van der Waals surface area contributed by atoms with Crippen LogP contribution in [0.15, 0.2) is 0 Å². The molecule has 0 fully saturated rings. The third-order valence-corrected chi connectivity index (χ3v) is 0.618. The smallest absolute Gasteiger partial charge is 0.0353 e. The van der Waals surface area contributed by atoms with Crippen LogP contribution in [0.2, 0.25) is 0 Å². The maximum atomic E-state index is 9.69. The van der Waals surface area contributed by atoms with E-state index >= 15 is 0 Å². The molecular weight excluding hydrogens is 267 g/mol. The monoisotopic (exact) mass is 283 g/mol. The number of methoxy groups -OCH3 is 1. The van der Waals surface area contributed by atoms with E-state index in [1.807, 2.05) is 20.3 Å². The van der Waals surface area contributed by atoms with E-state index in [1.165, 1.54) is 0 Å². The van der Waals surface area contributed by atoms with Gasteiger partial charge in [-0.15, -0.1) is 5.92 Å². The van der Waals surface area contributed by atoms with Gasteiger partial charge in [0.1, 0.15) is 0 Å². The van der Waals surface area contributed by atoms with E-state index in [9.17, 15) is 4.79 Å². The van der Waals surface area contributed by atoms with Crippen LogP contribution >= 0.6 is 0 Å². The molecule has 65 valence electrons. The fourth-order valence-electron chi connectivity index (χ4n) is 0.284. The van der Waals surface area contributed by atoms with Crippen molar-refractivity contribution in [2.75, 3.05) is 13.7 Å². The first-order chi connectivity index (χ1) is 4.72. The van der Waals surface area contributed by atoms with E-state index in [2.05, 4.69) is 4.74 Å². The van der Waals surface area contributed by atoms with Crippen LogP contribution in [0.3, 0.4) is 0 Å². The van der Waals surface area contributed by atoms with Crippen LogP contribution in [0, 0.1) is 47.9 Å². The largest absolute Gasteiger partial charge is 0.541 e. The van der Waals surface area contributed by atoms with Crippen molar-refractivity contribution >= 4 is 6.29 Å². The van der Waals surface area contributed by atoms with Gasteiger partial charge in [-0.3, -0.25) is 6.29 Å². The van der Waals surface area contributed by atoms with Crippen molar-refractivity contribution in [2.24, 2.45) is 5.92 Å². The predicted octanol–water partition coefficient (Wildman–Crippen LogP) is 1.61. The van der Waals surface area contributed by atoms with Crippen LogP contribution in [0.1, 0.15) is 20.8 Å². The standard InChI is InChI=1S/C5H9O2.C3H7.La/c1-5(3-6)4-7-2;1-3-2;/h5H,4H2,1-2H3;3H,1-2H3;/q2*-1;. The van der Waals surface area contributed by atoms with Gasteiger partial charge >= 0.3 is 0 Å². The zero-order valence-electron chi connectivity index (χ0n) is 7.76. The Morgan fingerprint density at radius 3 is 2.00 bits per heavy atom. The third-order valence-electron chi connectivity index (χ3n) is 0.618. The van der Waals surface area contributed by atoms with Crippen LogP contribution in [0.5, 0.6) is 0 Å². The fraction of sp³-hybridized carbons (Fsp3) is 0.750. The molecule has 3 heteroatoms. The summed E-state index contributed by atoms with van der Waals surface area (Å²) >= 11 is 0. The number of hydrogen-bond acceptors (Lipinski definition) is 2. The van der Waals surface area contributed by atoms with Crippen LogP contribution in [-0.4, -0.2) is 20.0 Å². The Balaban J connectivity index is -0.000000140. The number of carbonyl (C=O) groups excluding carboxylic acids is 1. The Morgan fingerprint density at radius 1 is 1.55 bits per heavy atom. The minimum Gasteiger partial charge on any atom is -0.541 e. The molecular formula is C8H16LaO2-2. The van der Waals surface area contributed by atoms with Crippen molar-refractivity contribution in [1.29, 1.82) is 0 Å². The van der Waals surface area contributed by atoms with E-state index in [-0.39, 0.29) is 41.5 Å². The van der Waals surface area contributed by atoms with Gasteiger partial charge in [-0.1, -0.05) is 6.92 Å². The molecule has 0 N–H and O–H groups in total. The maximum absolute atomic E-state index is 9.69. The zero-order chi connectivity index (χ0) is 8.41. The van der Waals surface area contributed by atoms with Crippen molar-refractivity contribution < 1.29 is 45.1 Å². The van der Waals surface area contributed by atoms with Gasteiger partial charge in [-0.25, -0.2) is 0 Å². The fourth-order valence-corrected chi connectivity index (χ4v) is 0.284. The molecule has 0 bridgehead atoms. The van der Waals surface area contributed by atoms with Gasteiger partial charge < -0.3 is 16.0 Å². The number of rotatable bonds is 3. The molecule has 1 radical (unpaired) electrons. The Morgan fingerprint density at radius 2 is 1.91 bits per heavy atom. The van der Waals surface area contributed by atoms with Gasteiger partial charge in [0.05, 0.1) is 0 Å². The quantitative estimate of drug-likeness (QED) is 0.736. The maximum Gasteiger partial charge on any atom is 0.0353 e. The van der Waals surface area contributed by atoms with Crippen molar-refractivity contribution in [2.45, 2.75) is 20.8 Å². The summed E-state index contributed by atoms with van der Waals surface area (Å²) in [6.07, 6.45) is 3.79. The Labute approximate surface area is 97.7 Å². The van der Waals surface area contributed by atoms with E-state index in [0.29, 0.717) is 6.61 Å². The van der Waals surface area contributed by atoms with Crippen molar-refractivity contribution in [3.63, 3.8) is 0 Å². The molecule has 0 aliphatic rings.